The Bertz CT molecular complexity index is 1000. The Labute approximate surface area is 185 Å². The van der Waals surface area contributed by atoms with Crippen LogP contribution in [-0.2, 0) is 0 Å². The fourth-order valence-corrected chi connectivity index (χ4v) is 2.70. The number of aliphatic hydroxyl groups is 1. The van der Waals surface area contributed by atoms with Crippen LogP contribution in [-0.4, -0.2) is 53.8 Å². The summed E-state index contributed by atoms with van der Waals surface area (Å²) in [7, 11) is 0. The molecule has 0 saturated carbocycles. The fraction of sp³-hybridized carbons (Fsp3) is 0.364. The summed E-state index contributed by atoms with van der Waals surface area (Å²) in [5, 5.41) is 18.1. The minimum Gasteiger partial charge on any atom is -0.387 e. The summed E-state index contributed by atoms with van der Waals surface area (Å²) < 4.78 is 28.4. The molecule has 1 unspecified atom stereocenters. The maximum absolute atomic E-state index is 14.5. The van der Waals surface area contributed by atoms with Crippen LogP contribution in [0.4, 0.5) is 37.3 Å². The Hall–Kier alpha value is -3.40. The zero-order valence-corrected chi connectivity index (χ0v) is 18.5. The largest absolute Gasteiger partial charge is 0.387 e. The molecule has 8 nitrogen and oxygen atoms in total. The molecule has 0 aliphatic carbocycles. The van der Waals surface area contributed by atoms with E-state index in [4.69, 9.17) is 0 Å². The number of amides is 1. The van der Waals surface area contributed by atoms with Gasteiger partial charge in [-0.3, -0.25) is 14.8 Å². The summed E-state index contributed by atoms with van der Waals surface area (Å²) in [6.07, 6.45) is -0.352. The maximum Gasteiger partial charge on any atom is 0.255 e. The average Bonchev–Trinajstić information content (AvgIpc) is 2.71. The van der Waals surface area contributed by atoms with Crippen LogP contribution in [0.2, 0.25) is 0 Å². The Morgan fingerprint density at radius 1 is 1.19 bits per heavy atom. The van der Waals surface area contributed by atoms with E-state index in [1.54, 1.807) is 0 Å². The van der Waals surface area contributed by atoms with Gasteiger partial charge in [-0.25, -0.2) is 13.8 Å². The maximum atomic E-state index is 14.5. The highest BCUT2D eigenvalue weighted by atomic mass is 19.1. The van der Waals surface area contributed by atoms with Crippen molar-refractivity contribution in [2.24, 2.45) is 9.98 Å². The van der Waals surface area contributed by atoms with E-state index in [9.17, 15) is 18.7 Å². The summed E-state index contributed by atoms with van der Waals surface area (Å²) >= 11 is 0. The number of pyridine rings is 1. The van der Waals surface area contributed by atoms with E-state index in [1.165, 1.54) is 38.2 Å². The van der Waals surface area contributed by atoms with Crippen LogP contribution in [0.3, 0.4) is 0 Å². The van der Waals surface area contributed by atoms with E-state index in [0.29, 0.717) is 11.4 Å². The van der Waals surface area contributed by atoms with Crippen LogP contribution in [0.25, 0.3) is 0 Å². The summed E-state index contributed by atoms with van der Waals surface area (Å²) in [4.78, 5) is 24.3. The van der Waals surface area contributed by atoms with Crippen LogP contribution in [0.5, 0.6) is 0 Å². The Balaban J connectivity index is 2.31. The third-order valence-corrected chi connectivity index (χ3v) is 4.47. The van der Waals surface area contributed by atoms with Crippen molar-refractivity contribution >= 4 is 47.9 Å². The lowest BCUT2D eigenvalue weighted by atomic mass is 10.0. The molecule has 0 bridgehead atoms. The van der Waals surface area contributed by atoms with Crippen LogP contribution < -0.4 is 16.0 Å². The van der Waals surface area contributed by atoms with Crippen molar-refractivity contribution in [3.8, 4) is 0 Å². The number of halogens is 2. The lowest BCUT2D eigenvalue weighted by Gasteiger charge is -2.23. The molecule has 1 heterocycles. The molecule has 0 spiro atoms. The molecule has 0 fully saturated rings. The van der Waals surface area contributed by atoms with E-state index in [-0.39, 0.29) is 35.3 Å². The van der Waals surface area contributed by atoms with Crippen molar-refractivity contribution in [2.75, 3.05) is 17.2 Å². The van der Waals surface area contributed by atoms with Gasteiger partial charge in [-0.1, -0.05) is 0 Å². The topological polar surface area (TPSA) is 111 Å². The first-order valence-electron chi connectivity index (χ1n) is 9.91. The number of carbonyl (C=O) groups is 1. The molecule has 4 N–H and O–H groups in total. The molecule has 0 aliphatic rings. The molecule has 2 rings (SSSR count). The van der Waals surface area contributed by atoms with Crippen molar-refractivity contribution in [3.63, 3.8) is 0 Å². The normalized spacial score (nSPS) is 12.2. The summed E-state index contributed by atoms with van der Waals surface area (Å²) in [5.74, 6) is -0.898. The minimum atomic E-state index is -1.65. The second-order valence-corrected chi connectivity index (χ2v) is 8.01. The van der Waals surface area contributed by atoms with Gasteiger partial charge in [-0.2, -0.15) is 0 Å². The van der Waals surface area contributed by atoms with Gasteiger partial charge in [0.1, 0.15) is 17.8 Å². The molecule has 1 atom stereocenters. The highest BCUT2D eigenvalue weighted by Gasteiger charge is 2.27. The first-order valence-corrected chi connectivity index (χ1v) is 9.91. The van der Waals surface area contributed by atoms with Crippen molar-refractivity contribution in [3.05, 3.63) is 35.8 Å². The fourth-order valence-electron chi connectivity index (χ4n) is 2.70. The molecular formula is C22H28F2N6O2. The van der Waals surface area contributed by atoms with Crippen LogP contribution in [0, 0.1) is 5.82 Å². The van der Waals surface area contributed by atoms with Gasteiger partial charge in [0, 0.05) is 24.4 Å². The zero-order valence-electron chi connectivity index (χ0n) is 18.5. The number of nitrogens with zero attached hydrogens (tertiary/aromatic N) is 3. The smallest absolute Gasteiger partial charge is 0.255 e. The minimum absolute atomic E-state index is 0.0339. The highest BCUT2D eigenvalue weighted by Crippen LogP contribution is 2.34. The number of nitrogens with one attached hydrogen (secondary N) is 3. The average molecular weight is 447 g/mol. The second kappa shape index (κ2) is 10.3. The quantitative estimate of drug-likeness (QED) is 0.407. The number of aliphatic imine (C=N–C) groups is 2. The number of aromatic nitrogens is 1. The third kappa shape index (κ3) is 6.30. The van der Waals surface area contributed by atoms with Gasteiger partial charge in [0.2, 0.25) is 0 Å². The molecule has 0 aliphatic heterocycles. The third-order valence-electron chi connectivity index (χ3n) is 4.47. The van der Waals surface area contributed by atoms with E-state index in [2.05, 4.69) is 44.4 Å². The monoisotopic (exact) mass is 446 g/mol. The van der Waals surface area contributed by atoms with Crippen LogP contribution >= 0.6 is 0 Å². The molecular weight excluding hydrogens is 418 g/mol. The predicted octanol–water partition coefficient (Wildman–Crippen LogP) is 4.29. The van der Waals surface area contributed by atoms with Crippen molar-refractivity contribution in [1.82, 2.24) is 10.3 Å². The van der Waals surface area contributed by atoms with E-state index in [0.717, 1.165) is 0 Å². The highest BCUT2D eigenvalue weighted by molar-refractivity contribution is 6.00. The van der Waals surface area contributed by atoms with Crippen molar-refractivity contribution in [2.45, 2.75) is 45.5 Å². The Morgan fingerprint density at radius 3 is 2.38 bits per heavy atom. The SMILES string of the molecule is C=Nc1cc(F)c(Nc2cc(NC(C)C)c(C(=O)NCC(F)C(C)(C)O)cn2)cc1N=C. The second-order valence-electron chi connectivity index (χ2n) is 8.01. The Morgan fingerprint density at radius 2 is 1.81 bits per heavy atom. The number of hydrogen-bond donors (Lipinski definition) is 4. The molecule has 0 radical (unpaired) electrons. The predicted molar refractivity (Wildman–Crippen MR) is 125 cm³/mol. The number of hydrogen-bond acceptors (Lipinski definition) is 7. The zero-order chi connectivity index (χ0) is 24.1. The van der Waals surface area contributed by atoms with Crippen LogP contribution in [0.15, 0.2) is 34.4 Å². The van der Waals surface area contributed by atoms with Crippen molar-refractivity contribution in [1.29, 1.82) is 0 Å². The number of carbonyl (C=O) groups excluding carboxylic acids is 1. The Kier molecular flexibility index (Phi) is 7.98. The first kappa shape index (κ1) is 24.9. The summed E-state index contributed by atoms with van der Waals surface area (Å²) in [6.45, 7) is 12.9. The lowest BCUT2D eigenvalue weighted by Crippen LogP contribution is -2.42. The number of anilines is 3. The van der Waals surface area contributed by atoms with Gasteiger partial charge in [-0.15, -0.1) is 0 Å². The van der Waals surface area contributed by atoms with Gasteiger partial charge in [-0.05, 0) is 47.2 Å². The summed E-state index contributed by atoms with van der Waals surface area (Å²) in [5.41, 5.74) is -0.313. The van der Waals surface area contributed by atoms with Gasteiger partial charge in [0.05, 0.1) is 40.5 Å². The molecule has 10 heteroatoms. The molecule has 0 saturated heterocycles. The number of alkyl halides is 1. The molecule has 172 valence electrons. The number of rotatable bonds is 10. The molecule has 2 aromatic rings. The van der Waals surface area contributed by atoms with Gasteiger partial charge < -0.3 is 21.1 Å². The van der Waals surface area contributed by atoms with Gasteiger partial charge >= 0.3 is 0 Å². The first-order chi connectivity index (χ1) is 15.0. The van der Waals surface area contributed by atoms with E-state index >= 15 is 0 Å². The number of benzene rings is 1. The van der Waals surface area contributed by atoms with Crippen molar-refractivity contribution < 1.29 is 18.7 Å². The van der Waals surface area contributed by atoms with Gasteiger partial charge in [0.25, 0.3) is 5.91 Å². The molecule has 32 heavy (non-hydrogen) atoms. The standard InChI is InChI=1S/C22H28F2N6O2/c1-12(2)29-15-9-20(30-16-8-18(26-6)17(25-5)7-14(16)23)27-10-13(15)21(31)28-11-19(24)22(3,4)32/h7-10,12,19,32H,5-6,11H2,1-4H3,(H,28,31)(H2,27,29,30). The van der Waals surface area contributed by atoms with Gasteiger partial charge in [0.15, 0.2) is 0 Å². The molecule has 1 aromatic heterocycles. The van der Waals surface area contributed by atoms with E-state index < -0.39 is 23.5 Å². The lowest BCUT2D eigenvalue weighted by molar-refractivity contribution is -0.00177. The summed E-state index contributed by atoms with van der Waals surface area (Å²) in [6, 6.07) is 4.10. The molecule has 1 amide bonds. The molecule has 1 aromatic carbocycles. The van der Waals surface area contributed by atoms with E-state index in [1.807, 2.05) is 13.8 Å². The van der Waals surface area contributed by atoms with Crippen LogP contribution in [0.1, 0.15) is 38.1 Å².